The Bertz CT molecular complexity index is 243. The van der Waals surface area contributed by atoms with E-state index in [1.165, 1.54) is 19.3 Å². The van der Waals surface area contributed by atoms with Gasteiger partial charge in [0, 0.05) is 19.6 Å². The summed E-state index contributed by atoms with van der Waals surface area (Å²) in [5.41, 5.74) is 5.71. The quantitative estimate of drug-likeness (QED) is 0.747. The molecule has 3 N–H and O–H groups in total. The Morgan fingerprint density at radius 1 is 1.12 bits per heavy atom. The highest BCUT2D eigenvalue weighted by molar-refractivity contribution is 5.75. The highest BCUT2D eigenvalue weighted by Crippen LogP contribution is 2.28. The number of hydrogen-bond donors (Lipinski definition) is 2. The van der Waals surface area contributed by atoms with Gasteiger partial charge in [0.15, 0.2) is 0 Å². The summed E-state index contributed by atoms with van der Waals surface area (Å²) >= 11 is 0. The second-order valence-corrected chi connectivity index (χ2v) is 5.17. The highest BCUT2D eigenvalue weighted by Gasteiger charge is 2.35. The molecule has 0 aromatic heterocycles. The van der Waals surface area contributed by atoms with Crippen LogP contribution in [0.3, 0.4) is 0 Å². The van der Waals surface area contributed by atoms with Gasteiger partial charge in [-0.05, 0) is 32.1 Å². The molecule has 1 aliphatic heterocycles. The number of nitrogens with zero attached hydrogens (tertiary/aromatic N) is 1. The van der Waals surface area contributed by atoms with E-state index in [0.717, 1.165) is 38.8 Å². The van der Waals surface area contributed by atoms with Crippen LogP contribution >= 0.6 is 0 Å². The van der Waals surface area contributed by atoms with Gasteiger partial charge in [-0.25, -0.2) is 4.79 Å². The summed E-state index contributed by atoms with van der Waals surface area (Å²) in [6.07, 6.45) is 8.01. The van der Waals surface area contributed by atoms with E-state index < -0.39 is 0 Å². The van der Waals surface area contributed by atoms with Crippen LogP contribution in [0.15, 0.2) is 0 Å². The SMILES string of the molecule is NCC1(NC(=O)N2CCCCC2)CCCC1. The molecule has 0 aromatic rings. The average molecular weight is 225 g/mol. The smallest absolute Gasteiger partial charge is 0.317 e. The lowest BCUT2D eigenvalue weighted by Crippen LogP contribution is -2.56. The third-order valence-electron chi connectivity index (χ3n) is 3.97. The van der Waals surface area contributed by atoms with E-state index in [1.54, 1.807) is 0 Å². The second-order valence-electron chi connectivity index (χ2n) is 5.17. The van der Waals surface area contributed by atoms with Crippen molar-refractivity contribution in [1.82, 2.24) is 10.2 Å². The predicted octanol–water partition coefficient (Wildman–Crippen LogP) is 1.45. The van der Waals surface area contributed by atoms with Gasteiger partial charge in [-0.1, -0.05) is 12.8 Å². The number of carbonyl (C=O) groups excluding carboxylic acids is 1. The number of carbonyl (C=O) groups is 1. The summed E-state index contributed by atoms with van der Waals surface area (Å²) in [6, 6.07) is 0.104. The van der Waals surface area contributed by atoms with Crippen molar-refractivity contribution in [2.45, 2.75) is 50.5 Å². The van der Waals surface area contributed by atoms with Crippen molar-refractivity contribution >= 4 is 6.03 Å². The number of rotatable bonds is 2. The minimum Gasteiger partial charge on any atom is -0.331 e. The third kappa shape index (κ3) is 2.48. The molecule has 0 bridgehead atoms. The Morgan fingerprint density at radius 2 is 1.75 bits per heavy atom. The topological polar surface area (TPSA) is 58.4 Å². The first-order valence-electron chi connectivity index (χ1n) is 6.53. The van der Waals surface area contributed by atoms with Crippen LogP contribution in [0.4, 0.5) is 4.79 Å². The summed E-state index contributed by atoms with van der Waals surface area (Å²) in [5.74, 6) is 0. The van der Waals surface area contributed by atoms with Gasteiger partial charge in [0.05, 0.1) is 5.54 Å². The number of urea groups is 1. The number of hydrogen-bond acceptors (Lipinski definition) is 2. The maximum absolute atomic E-state index is 12.1. The molecule has 2 fully saturated rings. The first-order chi connectivity index (χ1) is 7.76. The highest BCUT2D eigenvalue weighted by atomic mass is 16.2. The molecule has 0 atom stereocenters. The minimum atomic E-state index is -0.103. The lowest BCUT2D eigenvalue weighted by atomic mass is 9.98. The summed E-state index contributed by atoms with van der Waals surface area (Å²) in [5, 5.41) is 3.17. The molecular weight excluding hydrogens is 202 g/mol. The van der Waals surface area contributed by atoms with E-state index in [1.807, 2.05) is 4.90 Å². The van der Waals surface area contributed by atoms with Crippen LogP contribution in [0, 0.1) is 0 Å². The Kier molecular flexibility index (Phi) is 3.69. The van der Waals surface area contributed by atoms with Crippen molar-refractivity contribution in [2.24, 2.45) is 5.73 Å². The predicted molar refractivity (Wildman–Crippen MR) is 64.2 cm³/mol. The third-order valence-corrected chi connectivity index (χ3v) is 3.97. The lowest BCUT2D eigenvalue weighted by Gasteiger charge is -2.34. The van der Waals surface area contributed by atoms with Gasteiger partial charge >= 0.3 is 6.03 Å². The minimum absolute atomic E-state index is 0.103. The van der Waals surface area contributed by atoms with Gasteiger partial charge in [0.1, 0.15) is 0 Å². The normalized spacial score (nSPS) is 24.4. The molecule has 2 rings (SSSR count). The van der Waals surface area contributed by atoms with Crippen LogP contribution in [-0.2, 0) is 0 Å². The maximum atomic E-state index is 12.1. The fraction of sp³-hybridized carbons (Fsp3) is 0.917. The maximum Gasteiger partial charge on any atom is 0.317 e. The standard InChI is InChI=1S/C12H23N3O/c13-10-12(6-2-3-7-12)14-11(16)15-8-4-1-5-9-15/h1-10,13H2,(H,14,16). The molecule has 4 nitrogen and oxygen atoms in total. The molecule has 92 valence electrons. The monoisotopic (exact) mass is 225 g/mol. The molecule has 1 saturated carbocycles. The van der Waals surface area contributed by atoms with Crippen molar-refractivity contribution in [3.8, 4) is 0 Å². The van der Waals surface area contributed by atoms with E-state index in [-0.39, 0.29) is 11.6 Å². The molecule has 0 aromatic carbocycles. The summed E-state index contributed by atoms with van der Waals surface area (Å²) < 4.78 is 0. The first-order valence-corrected chi connectivity index (χ1v) is 6.53. The molecule has 0 spiro atoms. The van der Waals surface area contributed by atoms with Gasteiger partial charge in [0.25, 0.3) is 0 Å². The van der Waals surface area contributed by atoms with Crippen LogP contribution in [0.25, 0.3) is 0 Å². The molecular formula is C12H23N3O. The number of nitrogens with two attached hydrogens (primary N) is 1. The molecule has 16 heavy (non-hydrogen) atoms. The number of likely N-dealkylation sites (tertiary alicyclic amines) is 1. The molecule has 1 aliphatic carbocycles. The Labute approximate surface area is 97.6 Å². The molecule has 1 saturated heterocycles. The number of amides is 2. The zero-order valence-electron chi connectivity index (χ0n) is 10.0. The Morgan fingerprint density at radius 3 is 2.31 bits per heavy atom. The number of nitrogens with one attached hydrogen (secondary N) is 1. The van der Waals surface area contributed by atoms with Gasteiger partial charge in [-0.15, -0.1) is 0 Å². The molecule has 0 unspecified atom stereocenters. The van der Waals surface area contributed by atoms with Gasteiger partial charge in [0.2, 0.25) is 0 Å². The zero-order chi connectivity index (χ0) is 11.4. The fourth-order valence-electron chi connectivity index (χ4n) is 2.83. The van der Waals surface area contributed by atoms with Gasteiger partial charge < -0.3 is 16.0 Å². The largest absolute Gasteiger partial charge is 0.331 e. The second kappa shape index (κ2) is 5.04. The van der Waals surface area contributed by atoms with E-state index in [4.69, 9.17) is 5.73 Å². The van der Waals surface area contributed by atoms with Crippen LogP contribution in [0.2, 0.25) is 0 Å². The first kappa shape index (κ1) is 11.7. The van der Waals surface area contributed by atoms with Crippen LogP contribution in [0.5, 0.6) is 0 Å². The van der Waals surface area contributed by atoms with Crippen molar-refractivity contribution in [1.29, 1.82) is 0 Å². The number of piperidine rings is 1. The Balaban J connectivity index is 1.89. The molecule has 2 aliphatic rings. The lowest BCUT2D eigenvalue weighted by molar-refractivity contribution is 0.172. The van der Waals surface area contributed by atoms with Crippen LogP contribution < -0.4 is 11.1 Å². The van der Waals surface area contributed by atoms with Crippen molar-refractivity contribution < 1.29 is 4.79 Å². The van der Waals surface area contributed by atoms with E-state index >= 15 is 0 Å². The summed E-state index contributed by atoms with van der Waals surface area (Å²) in [6.45, 7) is 2.39. The summed E-state index contributed by atoms with van der Waals surface area (Å²) in [7, 11) is 0. The Hall–Kier alpha value is -0.770. The van der Waals surface area contributed by atoms with Gasteiger partial charge in [-0.3, -0.25) is 0 Å². The van der Waals surface area contributed by atoms with Crippen molar-refractivity contribution in [3.05, 3.63) is 0 Å². The van der Waals surface area contributed by atoms with E-state index in [2.05, 4.69) is 5.32 Å². The van der Waals surface area contributed by atoms with Crippen molar-refractivity contribution in [3.63, 3.8) is 0 Å². The molecule has 2 amide bonds. The fourth-order valence-corrected chi connectivity index (χ4v) is 2.83. The molecule has 0 radical (unpaired) electrons. The average Bonchev–Trinajstić information content (AvgIpc) is 2.79. The van der Waals surface area contributed by atoms with Crippen LogP contribution in [0.1, 0.15) is 44.9 Å². The zero-order valence-corrected chi connectivity index (χ0v) is 10.0. The molecule has 1 heterocycles. The van der Waals surface area contributed by atoms with Crippen molar-refractivity contribution in [2.75, 3.05) is 19.6 Å². The van der Waals surface area contributed by atoms with E-state index in [9.17, 15) is 4.79 Å². The van der Waals surface area contributed by atoms with Gasteiger partial charge in [-0.2, -0.15) is 0 Å². The molecule has 4 heteroatoms. The van der Waals surface area contributed by atoms with E-state index in [0.29, 0.717) is 6.54 Å². The van der Waals surface area contributed by atoms with Crippen LogP contribution in [-0.4, -0.2) is 36.1 Å². The summed E-state index contributed by atoms with van der Waals surface area (Å²) in [4.78, 5) is 14.0.